The zero-order chi connectivity index (χ0) is 27.0. The van der Waals surface area contributed by atoms with E-state index in [0.717, 1.165) is 46.4 Å². The molecule has 2 heterocycles. The predicted octanol–water partition coefficient (Wildman–Crippen LogP) is 5.50. The number of hydrogen-bond acceptors (Lipinski definition) is 5. The number of nitrogens with zero attached hydrogens (tertiary/aromatic N) is 2. The van der Waals surface area contributed by atoms with Gasteiger partial charge in [0.2, 0.25) is 5.91 Å². The minimum Gasteiger partial charge on any atom is -0.466 e. The Morgan fingerprint density at radius 2 is 1.77 bits per heavy atom. The van der Waals surface area contributed by atoms with Crippen molar-refractivity contribution in [1.82, 2.24) is 15.5 Å². The zero-order valence-electron chi connectivity index (χ0n) is 22.5. The lowest BCUT2D eigenvalue weighted by atomic mass is 9.95. The van der Waals surface area contributed by atoms with Crippen molar-refractivity contribution in [3.63, 3.8) is 0 Å². The third-order valence-electron chi connectivity index (χ3n) is 7.32. The number of carbonyl (C=O) groups is 2. The molecule has 0 aliphatic carbocycles. The van der Waals surface area contributed by atoms with Crippen molar-refractivity contribution in [2.45, 2.75) is 51.5 Å². The first-order valence-corrected chi connectivity index (χ1v) is 13.9. The van der Waals surface area contributed by atoms with Gasteiger partial charge in [0.15, 0.2) is 0 Å². The van der Waals surface area contributed by atoms with E-state index < -0.39 is 0 Å². The van der Waals surface area contributed by atoms with Gasteiger partial charge in [-0.3, -0.25) is 14.7 Å². The number of aromatic amines is 1. The van der Waals surface area contributed by atoms with E-state index in [2.05, 4.69) is 56.8 Å². The number of anilines is 1. The van der Waals surface area contributed by atoms with E-state index in [4.69, 9.17) is 4.74 Å². The second-order valence-corrected chi connectivity index (χ2v) is 10.0. The molecule has 0 bridgehead atoms. The molecule has 2 N–H and O–H groups in total. The van der Waals surface area contributed by atoms with Crippen LogP contribution in [0.1, 0.15) is 61.0 Å². The number of ether oxygens (including phenoxy) is 1. The van der Waals surface area contributed by atoms with Crippen LogP contribution in [0.4, 0.5) is 5.69 Å². The Labute approximate surface area is 229 Å². The van der Waals surface area contributed by atoms with Crippen LogP contribution in [0.2, 0.25) is 0 Å². The van der Waals surface area contributed by atoms with Gasteiger partial charge >= 0.3 is 5.97 Å². The monoisotopic (exact) mass is 524 g/mol. The Morgan fingerprint density at radius 3 is 2.56 bits per heavy atom. The van der Waals surface area contributed by atoms with Crippen LogP contribution in [0, 0.1) is 0 Å². The number of carbonyl (C=O) groups excluding carboxylic acids is 2. The molecular weight excluding hydrogens is 488 g/mol. The molecule has 1 fully saturated rings. The van der Waals surface area contributed by atoms with E-state index in [-0.39, 0.29) is 30.8 Å². The summed E-state index contributed by atoms with van der Waals surface area (Å²) >= 11 is 0. The summed E-state index contributed by atoms with van der Waals surface area (Å²) in [6.07, 6.45) is 4.65. The van der Waals surface area contributed by atoms with Gasteiger partial charge in [0.05, 0.1) is 36.7 Å². The SMILES string of the molecule is CCOC(=O)CCc1n[nH]c2ccc(CC(=O)NC(c3ccccc3)c3ccccc3N3CCCCC3)cc12. The lowest BCUT2D eigenvalue weighted by molar-refractivity contribution is -0.143. The van der Waals surface area contributed by atoms with Gasteiger partial charge in [0.25, 0.3) is 0 Å². The maximum atomic E-state index is 13.5. The Balaban J connectivity index is 1.36. The van der Waals surface area contributed by atoms with Crippen molar-refractivity contribution in [2.24, 2.45) is 0 Å². The predicted molar refractivity (Wildman–Crippen MR) is 154 cm³/mol. The van der Waals surface area contributed by atoms with Crippen molar-refractivity contribution in [3.8, 4) is 0 Å². The van der Waals surface area contributed by atoms with Gasteiger partial charge in [-0.25, -0.2) is 0 Å². The number of piperidine rings is 1. The molecular formula is C32H36N4O3. The number of hydrogen-bond donors (Lipinski definition) is 2. The number of fused-ring (bicyclic) bond motifs is 1. The Hall–Kier alpha value is -4.13. The molecule has 202 valence electrons. The third kappa shape index (κ3) is 6.48. The largest absolute Gasteiger partial charge is 0.466 e. The lowest BCUT2D eigenvalue weighted by Crippen LogP contribution is -2.34. The molecule has 1 atom stereocenters. The molecule has 1 aliphatic rings. The van der Waals surface area contributed by atoms with Crippen LogP contribution in [0.5, 0.6) is 0 Å². The number of H-pyrrole nitrogens is 1. The number of aryl methyl sites for hydroxylation is 1. The fourth-order valence-electron chi connectivity index (χ4n) is 5.41. The number of nitrogens with one attached hydrogen (secondary N) is 2. The standard InChI is InChI=1S/C32H36N4O3/c1-2-39-31(38)18-17-28-26-21-23(15-16-27(26)34-35-28)22-30(37)33-32(24-11-5-3-6-12-24)25-13-7-8-14-29(25)36-19-9-4-10-20-36/h3,5-8,11-16,21,32H,2,4,9-10,17-20,22H2,1H3,(H,33,37)(H,34,35). The fraction of sp³-hybridized carbons (Fsp3) is 0.344. The van der Waals surface area contributed by atoms with Crippen molar-refractivity contribution in [3.05, 3.63) is 95.2 Å². The number of aromatic nitrogens is 2. The van der Waals surface area contributed by atoms with Crippen LogP contribution >= 0.6 is 0 Å². The molecule has 1 unspecified atom stereocenters. The summed E-state index contributed by atoms with van der Waals surface area (Å²) in [4.78, 5) is 27.8. The molecule has 1 aliphatic heterocycles. The molecule has 4 aromatic rings. The van der Waals surface area contributed by atoms with Crippen LogP contribution < -0.4 is 10.2 Å². The van der Waals surface area contributed by atoms with Crippen LogP contribution in [0.25, 0.3) is 10.9 Å². The van der Waals surface area contributed by atoms with Crippen molar-refractivity contribution >= 4 is 28.5 Å². The summed E-state index contributed by atoms with van der Waals surface area (Å²) in [6.45, 7) is 4.24. The molecule has 0 spiro atoms. The zero-order valence-corrected chi connectivity index (χ0v) is 22.5. The average Bonchev–Trinajstić information content (AvgIpc) is 3.38. The highest BCUT2D eigenvalue weighted by molar-refractivity contribution is 5.85. The minimum atomic E-state index is -0.255. The average molecular weight is 525 g/mol. The van der Waals surface area contributed by atoms with Crippen LogP contribution in [0.15, 0.2) is 72.8 Å². The van der Waals surface area contributed by atoms with Crippen LogP contribution in [0.3, 0.4) is 0 Å². The number of para-hydroxylation sites is 1. The Morgan fingerprint density at radius 1 is 1.00 bits per heavy atom. The summed E-state index contributed by atoms with van der Waals surface area (Å²) in [7, 11) is 0. The molecule has 1 aromatic heterocycles. The molecule has 7 nitrogen and oxygen atoms in total. The number of benzene rings is 3. The number of esters is 1. The summed E-state index contributed by atoms with van der Waals surface area (Å²) in [5.41, 5.74) is 5.95. The minimum absolute atomic E-state index is 0.0479. The lowest BCUT2D eigenvalue weighted by Gasteiger charge is -2.33. The van der Waals surface area contributed by atoms with E-state index >= 15 is 0 Å². The highest BCUT2D eigenvalue weighted by Gasteiger charge is 2.23. The molecule has 7 heteroatoms. The first-order chi connectivity index (χ1) is 19.1. The molecule has 1 saturated heterocycles. The summed E-state index contributed by atoms with van der Waals surface area (Å²) in [5, 5.41) is 11.7. The van der Waals surface area contributed by atoms with Gasteiger partial charge in [-0.05, 0) is 55.5 Å². The summed E-state index contributed by atoms with van der Waals surface area (Å²) in [6, 6.07) is 24.3. The van der Waals surface area contributed by atoms with Gasteiger partial charge in [-0.2, -0.15) is 5.10 Å². The Bertz CT molecular complexity index is 1410. The van der Waals surface area contributed by atoms with E-state index in [0.29, 0.717) is 13.0 Å². The summed E-state index contributed by atoms with van der Waals surface area (Å²) < 4.78 is 5.05. The van der Waals surface area contributed by atoms with Crippen molar-refractivity contribution in [1.29, 1.82) is 0 Å². The number of amides is 1. The van der Waals surface area contributed by atoms with Gasteiger partial charge in [0.1, 0.15) is 0 Å². The smallest absolute Gasteiger partial charge is 0.306 e. The van der Waals surface area contributed by atoms with E-state index in [1.807, 2.05) is 36.4 Å². The van der Waals surface area contributed by atoms with Crippen molar-refractivity contribution in [2.75, 3.05) is 24.6 Å². The molecule has 0 saturated carbocycles. The van der Waals surface area contributed by atoms with Gasteiger partial charge in [-0.1, -0.05) is 54.6 Å². The van der Waals surface area contributed by atoms with Crippen molar-refractivity contribution < 1.29 is 14.3 Å². The second-order valence-electron chi connectivity index (χ2n) is 10.0. The first-order valence-electron chi connectivity index (χ1n) is 13.9. The first kappa shape index (κ1) is 26.5. The van der Waals surface area contributed by atoms with E-state index in [1.54, 1.807) is 6.92 Å². The number of rotatable bonds is 10. The van der Waals surface area contributed by atoms with Gasteiger partial charge in [0, 0.05) is 36.1 Å². The normalized spacial score (nSPS) is 14.2. The summed E-state index contributed by atoms with van der Waals surface area (Å²) in [5.74, 6) is -0.283. The highest BCUT2D eigenvalue weighted by atomic mass is 16.5. The second kappa shape index (κ2) is 12.6. The maximum absolute atomic E-state index is 13.5. The Kier molecular flexibility index (Phi) is 8.56. The quantitative estimate of drug-likeness (QED) is 0.268. The molecule has 1 amide bonds. The molecule has 0 radical (unpaired) electrons. The highest BCUT2D eigenvalue weighted by Crippen LogP contribution is 2.32. The van der Waals surface area contributed by atoms with Crippen LogP contribution in [-0.4, -0.2) is 41.8 Å². The van der Waals surface area contributed by atoms with Gasteiger partial charge in [-0.15, -0.1) is 0 Å². The molecule has 3 aromatic carbocycles. The van der Waals surface area contributed by atoms with Crippen LogP contribution in [-0.2, 0) is 27.2 Å². The third-order valence-corrected chi connectivity index (χ3v) is 7.32. The maximum Gasteiger partial charge on any atom is 0.306 e. The topological polar surface area (TPSA) is 87.3 Å². The molecule has 39 heavy (non-hydrogen) atoms. The fourth-order valence-corrected chi connectivity index (χ4v) is 5.41. The van der Waals surface area contributed by atoms with Gasteiger partial charge < -0.3 is 15.0 Å². The van der Waals surface area contributed by atoms with E-state index in [1.165, 1.54) is 24.9 Å². The van der Waals surface area contributed by atoms with E-state index in [9.17, 15) is 9.59 Å². The molecule has 5 rings (SSSR count).